The van der Waals surface area contributed by atoms with Crippen LogP contribution in [0.25, 0.3) is 22.4 Å². The summed E-state index contributed by atoms with van der Waals surface area (Å²) < 4.78 is 6.63. The molecule has 8 nitrogen and oxygen atoms in total. The summed E-state index contributed by atoms with van der Waals surface area (Å²) in [4.78, 5) is 31.3. The summed E-state index contributed by atoms with van der Waals surface area (Å²) in [5.74, 6) is -0.147. The van der Waals surface area contributed by atoms with Crippen molar-refractivity contribution in [3.8, 4) is 11.3 Å². The van der Waals surface area contributed by atoms with E-state index in [9.17, 15) is 9.59 Å². The molecular formula is C23H23N5O3. The fourth-order valence-electron chi connectivity index (χ4n) is 3.22. The molecule has 0 saturated heterocycles. The van der Waals surface area contributed by atoms with Gasteiger partial charge in [-0.15, -0.1) is 0 Å². The number of carbonyl (C=O) groups excluding carboxylic acids is 1. The molecule has 0 atom stereocenters. The highest BCUT2D eigenvalue weighted by molar-refractivity contribution is 5.87. The molecule has 0 saturated carbocycles. The normalized spacial score (nSPS) is 10.9. The molecule has 31 heavy (non-hydrogen) atoms. The number of fused-ring (bicyclic) bond motifs is 1. The van der Waals surface area contributed by atoms with Crippen LogP contribution in [-0.2, 0) is 17.9 Å². The number of carbonyl (C=O) groups is 1. The lowest BCUT2D eigenvalue weighted by molar-refractivity contribution is -0.121. The molecule has 2 heterocycles. The molecule has 0 unspecified atom stereocenters. The van der Waals surface area contributed by atoms with Crippen molar-refractivity contribution < 1.29 is 9.32 Å². The molecule has 0 aliphatic carbocycles. The average Bonchev–Trinajstić information content (AvgIpc) is 3.23. The number of hydrogen-bond donors (Lipinski definition) is 1. The smallest absolute Gasteiger partial charge is 0.299 e. The van der Waals surface area contributed by atoms with Gasteiger partial charge in [0.1, 0.15) is 11.2 Å². The minimum Gasteiger partial charge on any atom is -0.378 e. The third-order valence-corrected chi connectivity index (χ3v) is 5.02. The number of nitrogens with zero attached hydrogens (tertiary/aromatic N) is 4. The maximum atomic E-state index is 12.7. The molecule has 8 heteroatoms. The molecule has 1 amide bonds. The van der Waals surface area contributed by atoms with E-state index >= 15 is 0 Å². The molecule has 0 aliphatic heterocycles. The Morgan fingerprint density at radius 3 is 2.55 bits per heavy atom. The lowest BCUT2D eigenvalue weighted by atomic mass is 10.1. The number of amides is 1. The van der Waals surface area contributed by atoms with Crippen LogP contribution in [0.15, 0.2) is 70.2 Å². The van der Waals surface area contributed by atoms with Gasteiger partial charge in [0.25, 0.3) is 11.1 Å². The average molecular weight is 417 g/mol. The number of anilines is 1. The Kier molecular flexibility index (Phi) is 5.79. The fourth-order valence-corrected chi connectivity index (χ4v) is 3.22. The van der Waals surface area contributed by atoms with Crippen molar-refractivity contribution in [2.75, 3.05) is 19.0 Å². The molecule has 158 valence electrons. The van der Waals surface area contributed by atoms with Gasteiger partial charge in [-0.25, -0.2) is 4.98 Å². The Hall–Kier alpha value is -3.94. The molecule has 4 aromatic rings. The Morgan fingerprint density at radius 2 is 1.84 bits per heavy atom. The highest BCUT2D eigenvalue weighted by Crippen LogP contribution is 2.23. The lowest BCUT2D eigenvalue weighted by Crippen LogP contribution is -2.27. The van der Waals surface area contributed by atoms with E-state index in [0.717, 1.165) is 16.8 Å². The second kappa shape index (κ2) is 8.83. The van der Waals surface area contributed by atoms with E-state index in [1.807, 2.05) is 73.6 Å². The van der Waals surface area contributed by atoms with Crippen molar-refractivity contribution in [2.24, 2.45) is 0 Å². The standard InChI is InChI=1S/C23H23N5O3/c1-27(2)18-10-8-16(9-11-18)14-24-19(29)12-13-28-15-25-21-20(17-6-4-3-5-7-17)26-31-22(21)23(28)30/h3-11,15H,12-14H2,1-2H3,(H,24,29). The number of benzene rings is 2. The third kappa shape index (κ3) is 4.48. The van der Waals surface area contributed by atoms with Gasteiger partial charge >= 0.3 is 0 Å². The molecule has 2 aromatic carbocycles. The van der Waals surface area contributed by atoms with Gasteiger partial charge in [-0.3, -0.25) is 14.2 Å². The predicted molar refractivity (Wildman–Crippen MR) is 119 cm³/mol. The summed E-state index contributed by atoms with van der Waals surface area (Å²) in [6, 6.07) is 17.4. The summed E-state index contributed by atoms with van der Waals surface area (Å²) in [5.41, 5.74) is 3.60. The molecule has 0 radical (unpaired) electrons. The first-order chi connectivity index (χ1) is 15.0. The number of aryl methyl sites for hydroxylation is 1. The summed E-state index contributed by atoms with van der Waals surface area (Å²) in [7, 11) is 3.96. The zero-order valence-corrected chi connectivity index (χ0v) is 17.4. The molecule has 0 aliphatic rings. The zero-order chi connectivity index (χ0) is 21.8. The number of nitrogens with one attached hydrogen (secondary N) is 1. The van der Waals surface area contributed by atoms with Crippen LogP contribution < -0.4 is 15.8 Å². The van der Waals surface area contributed by atoms with Gasteiger partial charge in [-0.05, 0) is 17.7 Å². The van der Waals surface area contributed by atoms with Gasteiger partial charge in [0, 0.05) is 44.9 Å². The summed E-state index contributed by atoms with van der Waals surface area (Å²) in [6.45, 7) is 0.635. The molecule has 0 spiro atoms. The highest BCUT2D eigenvalue weighted by atomic mass is 16.5. The van der Waals surface area contributed by atoms with Crippen LogP contribution in [0.2, 0.25) is 0 Å². The first-order valence-electron chi connectivity index (χ1n) is 9.96. The number of hydrogen-bond acceptors (Lipinski definition) is 6. The van der Waals surface area contributed by atoms with Gasteiger partial charge < -0.3 is 14.7 Å². The van der Waals surface area contributed by atoms with E-state index < -0.39 is 0 Å². The molecular weight excluding hydrogens is 394 g/mol. The monoisotopic (exact) mass is 417 g/mol. The summed E-state index contributed by atoms with van der Waals surface area (Å²) in [6.07, 6.45) is 1.59. The summed E-state index contributed by atoms with van der Waals surface area (Å²) >= 11 is 0. The maximum Gasteiger partial charge on any atom is 0.299 e. The van der Waals surface area contributed by atoms with Crippen molar-refractivity contribution in [1.29, 1.82) is 0 Å². The largest absolute Gasteiger partial charge is 0.378 e. The van der Waals surface area contributed by atoms with Gasteiger partial charge in [0.15, 0.2) is 0 Å². The van der Waals surface area contributed by atoms with Gasteiger partial charge in [-0.1, -0.05) is 47.6 Å². The van der Waals surface area contributed by atoms with E-state index in [4.69, 9.17) is 4.52 Å². The van der Waals surface area contributed by atoms with Gasteiger partial charge in [-0.2, -0.15) is 0 Å². The van der Waals surface area contributed by atoms with E-state index in [0.29, 0.717) is 17.8 Å². The molecule has 2 aromatic heterocycles. The summed E-state index contributed by atoms with van der Waals surface area (Å²) in [5, 5.41) is 6.89. The molecule has 0 fully saturated rings. The topological polar surface area (TPSA) is 93.3 Å². The molecule has 0 bridgehead atoms. The predicted octanol–water partition coefficient (Wildman–Crippen LogP) is 2.82. The van der Waals surface area contributed by atoms with Crippen LogP contribution in [0, 0.1) is 0 Å². The third-order valence-electron chi connectivity index (χ3n) is 5.02. The fraction of sp³-hybridized carbons (Fsp3) is 0.217. The van der Waals surface area contributed by atoms with Crippen LogP contribution in [0.5, 0.6) is 0 Å². The Bertz CT molecular complexity index is 1240. The number of aromatic nitrogens is 3. The number of rotatable bonds is 7. The molecule has 4 rings (SSSR count). The van der Waals surface area contributed by atoms with Crippen LogP contribution >= 0.6 is 0 Å². The van der Waals surface area contributed by atoms with E-state index in [1.165, 1.54) is 10.9 Å². The van der Waals surface area contributed by atoms with Crippen molar-refractivity contribution in [1.82, 2.24) is 20.0 Å². The van der Waals surface area contributed by atoms with E-state index in [-0.39, 0.29) is 30.0 Å². The Morgan fingerprint density at radius 1 is 1.10 bits per heavy atom. The van der Waals surface area contributed by atoms with Crippen LogP contribution in [0.1, 0.15) is 12.0 Å². The van der Waals surface area contributed by atoms with Gasteiger partial charge in [0.2, 0.25) is 5.91 Å². The van der Waals surface area contributed by atoms with Crippen LogP contribution in [-0.4, -0.2) is 34.7 Å². The van der Waals surface area contributed by atoms with Crippen molar-refractivity contribution in [2.45, 2.75) is 19.5 Å². The van der Waals surface area contributed by atoms with Crippen molar-refractivity contribution >= 4 is 22.7 Å². The quantitative estimate of drug-likeness (QED) is 0.497. The highest BCUT2D eigenvalue weighted by Gasteiger charge is 2.16. The van der Waals surface area contributed by atoms with Gasteiger partial charge in [0.05, 0.1) is 6.33 Å². The lowest BCUT2D eigenvalue weighted by Gasteiger charge is -2.13. The second-order valence-corrected chi connectivity index (χ2v) is 7.41. The van der Waals surface area contributed by atoms with E-state index in [2.05, 4.69) is 15.5 Å². The zero-order valence-electron chi connectivity index (χ0n) is 17.4. The Labute approximate surface area is 179 Å². The minimum absolute atomic E-state index is 0.0859. The second-order valence-electron chi connectivity index (χ2n) is 7.41. The minimum atomic E-state index is -0.355. The first-order valence-corrected chi connectivity index (χ1v) is 9.96. The molecule has 1 N–H and O–H groups in total. The van der Waals surface area contributed by atoms with E-state index in [1.54, 1.807) is 0 Å². The van der Waals surface area contributed by atoms with Crippen LogP contribution in [0.4, 0.5) is 5.69 Å². The maximum absolute atomic E-state index is 12.7. The van der Waals surface area contributed by atoms with Crippen molar-refractivity contribution in [3.63, 3.8) is 0 Å². The first kappa shape index (κ1) is 20.3. The van der Waals surface area contributed by atoms with Crippen LogP contribution in [0.3, 0.4) is 0 Å². The Balaban J connectivity index is 1.39. The van der Waals surface area contributed by atoms with Crippen molar-refractivity contribution in [3.05, 3.63) is 76.8 Å². The SMILES string of the molecule is CN(C)c1ccc(CNC(=O)CCn2cnc3c(-c4ccccc4)noc3c2=O)cc1.